The average Bonchev–Trinajstić information content (AvgIpc) is 2.80. The highest BCUT2D eigenvalue weighted by molar-refractivity contribution is 14.1. The Morgan fingerprint density at radius 1 is 1.15 bits per heavy atom. The normalized spacial score (nSPS) is 13.5. The molecule has 0 aliphatic rings. The van der Waals surface area contributed by atoms with E-state index in [9.17, 15) is 30.6 Å². The zero-order valence-electron chi connectivity index (χ0n) is 11.7. The van der Waals surface area contributed by atoms with Crippen molar-refractivity contribution >= 4 is 56.6 Å². The fourth-order valence-electron chi connectivity index (χ4n) is 1.82. The monoisotopic (exact) mass is 547 g/mol. The van der Waals surface area contributed by atoms with Crippen molar-refractivity contribution in [2.45, 2.75) is 16.6 Å². The van der Waals surface area contributed by atoms with Crippen molar-refractivity contribution in [2.24, 2.45) is 0 Å². The molecule has 26 heavy (non-hydrogen) atoms. The van der Waals surface area contributed by atoms with E-state index in [-0.39, 0.29) is 5.69 Å². The minimum Gasteiger partial charge on any atom is -0.245 e. The Kier molecular flexibility index (Phi) is 5.87. The van der Waals surface area contributed by atoms with Crippen LogP contribution in [0.3, 0.4) is 0 Å². The van der Waals surface area contributed by atoms with Crippen LogP contribution in [-0.4, -0.2) is 19.5 Å². The van der Waals surface area contributed by atoms with Gasteiger partial charge in [0.15, 0.2) is 16.5 Å². The number of nitrogens with zero attached hydrogens (tertiary/aromatic N) is 3. The fourth-order valence-corrected chi connectivity index (χ4v) is 4.40. The van der Waals surface area contributed by atoms with Gasteiger partial charge in [-0.25, -0.2) is 8.89 Å². The lowest BCUT2D eigenvalue weighted by Crippen LogP contribution is -2.17. The lowest BCUT2D eigenvalue weighted by Gasteiger charge is -2.13. The van der Waals surface area contributed by atoms with Crippen molar-refractivity contribution in [3.05, 3.63) is 37.1 Å². The second kappa shape index (κ2) is 7.17. The first kappa shape index (κ1) is 21.3. The Morgan fingerprint density at radius 2 is 1.65 bits per heavy atom. The first-order chi connectivity index (χ1) is 11.8. The minimum absolute atomic E-state index is 0.382. The molecule has 1 aromatic heterocycles. The van der Waals surface area contributed by atoms with Crippen molar-refractivity contribution in [3.8, 4) is 11.8 Å². The van der Waals surface area contributed by atoms with Gasteiger partial charge in [0, 0.05) is 0 Å². The van der Waals surface area contributed by atoms with Gasteiger partial charge in [-0.2, -0.15) is 36.7 Å². The van der Waals surface area contributed by atoms with Crippen molar-refractivity contribution < 1.29 is 30.6 Å². The number of aromatic nitrogens is 2. The Morgan fingerprint density at radius 3 is 2.04 bits per heavy atom. The highest BCUT2D eigenvalue weighted by atomic mass is 127. The van der Waals surface area contributed by atoms with Gasteiger partial charge >= 0.3 is 11.7 Å². The second-order valence-corrected chi connectivity index (χ2v) is 7.74. The molecule has 2 rings (SSSR count). The summed E-state index contributed by atoms with van der Waals surface area (Å²) in [6.45, 7) is 0. The molecule has 0 aliphatic heterocycles. The number of hydrogen-bond donors (Lipinski definition) is 0. The third kappa shape index (κ3) is 3.95. The topological polar surface area (TPSA) is 58.7 Å². The maximum absolute atomic E-state index is 12.8. The summed E-state index contributed by atoms with van der Waals surface area (Å²) in [5, 5.41) is 11.4. The smallest absolute Gasteiger partial charge is 0.245 e. The van der Waals surface area contributed by atoms with Crippen LogP contribution in [0, 0.1) is 15.0 Å². The van der Waals surface area contributed by atoms with Crippen LogP contribution >= 0.6 is 45.8 Å². The van der Waals surface area contributed by atoms with E-state index in [1.165, 1.54) is 28.7 Å². The van der Waals surface area contributed by atoms with Gasteiger partial charge in [0.05, 0.1) is 15.6 Å². The van der Waals surface area contributed by atoms with E-state index in [4.69, 9.17) is 28.5 Å². The van der Waals surface area contributed by atoms with Gasteiger partial charge in [0.25, 0.3) is 0 Å². The van der Waals surface area contributed by atoms with E-state index in [1.807, 2.05) is 0 Å². The molecule has 1 aromatic carbocycles. The standard InChI is InChI=1S/C12H2Cl2F6IN3OS/c13-5-1-4(11(15,16)17)2-6(14)8(5)24-10(21)9(7(3-22)23-24)26(25)12(18,19)20/h1-2H/t26-/m0/s1. The Hall–Kier alpha value is -1.04. The van der Waals surface area contributed by atoms with Gasteiger partial charge in [-0.05, 0) is 34.7 Å². The maximum Gasteiger partial charge on any atom is 0.476 e. The molecule has 0 radical (unpaired) electrons. The third-order valence-corrected chi connectivity index (χ3v) is 5.96. The van der Waals surface area contributed by atoms with Crippen molar-refractivity contribution in [3.63, 3.8) is 0 Å². The van der Waals surface area contributed by atoms with Crippen LogP contribution < -0.4 is 0 Å². The van der Waals surface area contributed by atoms with Crippen molar-refractivity contribution in [1.82, 2.24) is 9.78 Å². The second-order valence-electron chi connectivity index (χ2n) is 4.49. The molecule has 0 saturated heterocycles. The molecule has 0 fully saturated rings. The summed E-state index contributed by atoms with van der Waals surface area (Å²) in [5.41, 5.74) is -7.56. The highest BCUT2D eigenvalue weighted by Crippen LogP contribution is 2.39. The van der Waals surface area contributed by atoms with E-state index < -0.39 is 52.4 Å². The van der Waals surface area contributed by atoms with E-state index >= 15 is 0 Å². The van der Waals surface area contributed by atoms with Crippen LogP contribution in [0.25, 0.3) is 5.69 Å². The molecule has 1 atom stereocenters. The van der Waals surface area contributed by atoms with Gasteiger partial charge < -0.3 is 0 Å². The number of rotatable bonds is 2. The molecule has 0 unspecified atom stereocenters. The summed E-state index contributed by atoms with van der Waals surface area (Å²) in [5.74, 6) is 0. The van der Waals surface area contributed by atoms with Gasteiger partial charge in [-0.3, -0.25) is 0 Å². The molecular weight excluding hydrogens is 546 g/mol. The molecule has 0 spiro atoms. The zero-order valence-corrected chi connectivity index (χ0v) is 16.2. The Balaban J connectivity index is 2.75. The zero-order chi connectivity index (χ0) is 20.0. The molecule has 1 heterocycles. The molecule has 2 aromatic rings. The third-order valence-electron chi connectivity index (χ3n) is 2.85. The summed E-state index contributed by atoms with van der Waals surface area (Å²) in [6, 6.07) is 2.37. The molecule has 14 heteroatoms. The lowest BCUT2D eigenvalue weighted by atomic mass is 10.2. The van der Waals surface area contributed by atoms with Crippen LogP contribution in [0.1, 0.15) is 11.3 Å². The van der Waals surface area contributed by atoms with Crippen LogP contribution in [0.2, 0.25) is 10.0 Å². The minimum atomic E-state index is -5.17. The van der Waals surface area contributed by atoms with Gasteiger partial charge in [-0.1, -0.05) is 23.2 Å². The Labute approximate surface area is 167 Å². The summed E-state index contributed by atoms with van der Waals surface area (Å²) in [6.07, 6.45) is -4.76. The largest absolute Gasteiger partial charge is 0.476 e. The predicted molar refractivity (Wildman–Crippen MR) is 88.5 cm³/mol. The molecular formula is C12H2Cl2F6IN3OS. The van der Waals surface area contributed by atoms with E-state index in [1.54, 1.807) is 0 Å². The molecule has 0 bridgehead atoms. The summed E-state index contributed by atoms with van der Waals surface area (Å²) in [7, 11) is -3.59. The molecule has 0 N–H and O–H groups in total. The van der Waals surface area contributed by atoms with Crippen LogP contribution in [0.5, 0.6) is 0 Å². The predicted octanol–water partition coefficient (Wildman–Crippen LogP) is 5.30. The number of alkyl halides is 6. The van der Waals surface area contributed by atoms with Crippen molar-refractivity contribution in [1.29, 1.82) is 5.26 Å². The van der Waals surface area contributed by atoms with Crippen LogP contribution in [0.15, 0.2) is 17.0 Å². The maximum atomic E-state index is 12.8. The summed E-state index contributed by atoms with van der Waals surface area (Å²) in [4.78, 5) is -0.937. The number of nitriles is 1. The van der Waals surface area contributed by atoms with Crippen LogP contribution in [0.4, 0.5) is 26.3 Å². The summed E-state index contributed by atoms with van der Waals surface area (Å²) >= 11 is 12.9. The lowest BCUT2D eigenvalue weighted by molar-refractivity contribution is -0.137. The summed E-state index contributed by atoms with van der Waals surface area (Å²) < 4.78 is 88.4. The first-order valence-corrected chi connectivity index (χ1v) is 9.01. The molecule has 0 amide bonds. The SMILES string of the molecule is N#Cc1nn(-c2c(Cl)cc(C(F)(F)F)cc2Cl)c(I)c1[S@](=O)C(F)(F)F. The number of hydrogen-bond acceptors (Lipinski definition) is 3. The molecule has 140 valence electrons. The van der Waals surface area contributed by atoms with Gasteiger partial charge in [0.2, 0.25) is 0 Å². The first-order valence-electron chi connectivity index (χ1n) is 6.02. The van der Waals surface area contributed by atoms with E-state index in [2.05, 4.69) is 5.10 Å². The van der Waals surface area contributed by atoms with Crippen molar-refractivity contribution in [2.75, 3.05) is 0 Å². The molecule has 0 saturated carbocycles. The number of benzene rings is 1. The van der Waals surface area contributed by atoms with Gasteiger partial charge in [0.1, 0.15) is 20.4 Å². The van der Waals surface area contributed by atoms with Crippen LogP contribution in [-0.2, 0) is 17.0 Å². The molecule has 0 aliphatic carbocycles. The average molecular weight is 548 g/mol. The Bertz CT molecular complexity index is 927. The van der Waals surface area contributed by atoms with E-state index in [0.29, 0.717) is 16.8 Å². The highest BCUT2D eigenvalue weighted by Gasteiger charge is 2.42. The molecule has 4 nitrogen and oxygen atoms in total. The number of halogens is 9. The quantitative estimate of drug-likeness (QED) is 0.379. The van der Waals surface area contributed by atoms with E-state index in [0.717, 1.165) is 0 Å². The fraction of sp³-hybridized carbons (Fsp3) is 0.167. The van der Waals surface area contributed by atoms with Gasteiger partial charge in [-0.15, -0.1) is 0 Å².